The molecule has 27 heavy (non-hydrogen) atoms. The molecule has 0 amide bonds. The molecule has 0 aliphatic carbocycles. The van der Waals surface area contributed by atoms with Gasteiger partial charge in [-0.3, -0.25) is 4.90 Å². The minimum absolute atomic E-state index is 0.441. The third-order valence-corrected chi connectivity index (χ3v) is 5.29. The van der Waals surface area contributed by atoms with Crippen molar-refractivity contribution >= 4 is 0 Å². The zero-order valence-corrected chi connectivity index (χ0v) is 16.2. The average molecular weight is 370 g/mol. The quantitative estimate of drug-likeness (QED) is 0.655. The number of nitrogens with zero attached hydrogens (tertiary/aromatic N) is 8. The number of hydrogen-bond acceptors (Lipinski definition) is 7. The molecular formula is C18H26N8O. The van der Waals surface area contributed by atoms with Crippen LogP contribution in [0.2, 0.25) is 0 Å². The van der Waals surface area contributed by atoms with E-state index in [-0.39, 0.29) is 0 Å². The summed E-state index contributed by atoms with van der Waals surface area (Å²) in [6, 6.07) is 0. The third-order valence-electron chi connectivity index (χ3n) is 5.29. The van der Waals surface area contributed by atoms with Gasteiger partial charge < -0.3 is 13.7 Å². The van der Waals surface area contributed by atoms with E-state index in [1.807, 2.05) is 26.2 Å². The van der Waals surface area contributed by atoms with Crippen molar-refractivity contribution in [2.75, 3.05) is 13.1 Å². The van der Waals surface area contributed by atoms with Gasteiger partial charge in [0.2, 0.25) is 5.89 Å². The van der Waals surface area contributed by atoms with E-state index in [1.54, 1.807) is 0 Å². The van der Waals surface area contributed by atoms with Crippen molar-refractivity contribution in [1.82, 2.24) is 39.4 Å². The average Bonchev–Trinajstić information content (AvgIpc) is 3.37. The van der Waals surface area contributed by atoms with Gasteiger partial charge in [-0.15, -0.1) is 10.2 Å². The zero-order chi connectivity index (χ0) is 18.8. The fourth-order valence-electron chi connectivity index (χ4n) is 3.78. The Kier molecular flexibility index (Phi) is 5.02. The molecule has 9 nitrogen and oxygen atoms in total. The van der Waals surface area contributed by atoms with Gasteiger partial charge in [-0.25, -0.2) is 4.98 Å². The molecule has 0 atom stereocenters. The molecule has 4 rings (SSSR count). The molecule has 3 aromatic heterocycles. The Bertz CT molecular complexity index is 887. The van der Waals surface area contributed by atoms with E-state index in [0.29, 0.717) is 24.2 Å². The lowest BCUT2D eigenvalue weighted by Gasteiger charge is -2.30. The number of hydrogen-bond donors (Lipinski definition) is 0. The molecule has 0 aromatic carbocycles. The molecule has 1 aliphatic heterocycles. The normalized spacial score (nSPS) is 16.3. The van der Waals surface area contributed by atoms with Crippen LogP contribution in [0.25, 0.3) is 0 Å². The predicted octanol–water partition coefficient (Wildman–Crippen LogP) is 1.92. The Morgan fingerprint density at radius 3 is 2.59 bits per heavy atom. The Hall–Kier alpha value is -2.55. The smallest absolute Gasteiger partial charge is 0.240 e. The number of likely N-dealkylation sites (tertiary alicyclic amines) is 1. The van der Waals surface area contributed by atoms with Gasteiger partial charge in [0, 0.05) is 24.9 Å². The number of imidazole rings is 1. The van der Waals surface area contributed by atoms with Crippen LogP contribution in [0.1, 0.15) is 54.9 Å². The van der Waals surface area contributed by atoms with E-state index >= 15 is 0 Å². The Labute approximate surface area is 158 Å². The summed E-state index contributed by atoms with van der Waals surface area (Å²) >= 11 is 0. The maximum Gasteiger partial charge on any atom is 0.240 e. The summed E-state index contributed by atoms with van der Waals surface area (Å²) < 4.78 is 9.61. The van der Waals surface area contributed by atoms with E-state index in [0.717, 1.165) is 56.5 Å². The predicted molar refractivity (Wildman–Crippen MR) is 98.0 cm³/mol. The van der Waals surface area contributed by atoms with Crippen LogP contribution in [0.5, 0.6) is 0 Å². The third kappa shape index (κ3) is 3.78. The largest absolute Gasteiger partial charge is 0.338 e. The summed E-state index contributed by atoms with van der Waals surface area (Å²) in [7, 11) is 0. The van der Waals surface area contributed by atoms with Gasteiger partial charge in [-0.05, 0) is 46.7 Å². The monoisotopic (exact) mass is 370 g/mol. The standard InChI is InChI=1S/C18H26N8O/c1-4-26-16(11-25-10-7-19-14(25)3)21-22-18(26)15-5-8-24(9-6-15)12-17-20-13(2)23-27-17/h7,10,15H,4-6,8-9,11-12H2,1-3H3. The van der Waals surface area contributed by atoms with Gasteiger partial charge in [0.05, 0.1) is 13.1 Å². The van der Waals surface area contributed by atoms with Crippen molar-refractivity contribution in [2.45, 2.75) is 59.2 Å². The summed E-state index contributed by atoms with van der Waals surface area (Å²) in [5, 5.41) is 12.9. The molecule has 0 unspecified atom stereocenters. The minimum Gasteiger partial charge on any atom is -0.338 e. The van der Waals surface area contributed by atoms with Crippen LogP contribution in [0.3, 0.4) is 0 Å². The highest BCUT2D eigenvalue weighted by atomic mass is 16.5. The highest BCUT2D eigenvalue weighted by Crippen LogP contribution is 2.28. The molecule has 1 saturated heterocycles. The fraction of sp³-hybridized carbons (Fsp3) is 0.611. The number of aryl methyl sites for hydroxylation is 2. The van der Waals surface area contributed by atoms with Crippen LogP contribution < -0.4 is 0 Å². The fourth-order valence-corrected chi connectivity index (χ4v) is 3.78. The van der Waals surface area contributed by atoms with Gasteiger partial charge in [0.25, 0.3) is 0 Å². The molecule has 0 saturated carbocycles. The number of rotatable bonds is 6. The molecular weight excluding hydrogens is 344 g/mol. The molecule has 0 radical (unpaired) electrons. The topological polar surface area (TPSA) is 90.7 Å². The van der Waals surface area contributed by atoms with Crippen molar-refractivity contribution < 1.29 is 4.52 Å². The Morgan fingerprint density at radius 2 is 1.96 bits per heavy atom. The molecule has 0 N–H and O–H groups in total. The zero-order valence-electron chi connectivity index (χ0n) is 16.2. The second kappa shape index (κ2) is 7.59. The molecule has 0 bridgehead atoms. The second-order valence-electron chi connectivity index (χ2n) is 7.11. The molecule has 3 aromatic rings. The summed E-state index contributed by atoms with van der Waals surface area (Å²) in [5.41, 5.74) is 0. The van der Waals surface area contributed by atoms with Gasteiger partial charge >= 0.3 is 0 Å². The SMILES string of the molecule is CCn1c(Cn2ccnc2C)nnc1C1CCN(Cc2nc(C)no2)CC1. The molecule has 1 fully saturated rings. The van der Waals surface area contributed by atoms with E-state index < -0.39 is 0 Å². The van der Waals surface area contributed by atoms with Crippen molar-refractivity contribution in [1.29, 1.82) is 0 Å². The highest BCUT2D eigenvalue weighted by molar-refractivity contribution is 5.06. The van der Waals surface area contributed by atoms with Crippen LogP contribution >= 0.6 is 0 Å². The van der Waals surface area contributed by atoms with Crippen molar-refractivity contribution in [3.05, 3.63) is 41.6 Å². The van der Waals surface area contributed by atoms with Crippen molar-refractivity contribution in [3.8, 4) is 0 Å². The Morgan fingerprint density at radius 1 is 1.15 bits per heavy atom. The van der Waals surface area contributed by atoms with Crippen LogP contribution in [0, 0.1) is 13.8 Å². The van der Waals surface area contributed by atoms with E-state index in [1.165, 1.54) is 0 Å². The lowest BCUT2D eigenvalue weighted by Crippen LogP contribution is -2.33. The van der Waals surface area contributed by atoms with Crippen LogP contribution in [-0.4, -0.2) is 52.4 Å². The van der Waals surface area contributed by atoms with Crippen LogP contribution in [0.15, 0.2) is 16.9 Å². The number of aromatic nitrogens is 7. The first-order valence-corrected chi connectivity index (χ1v) is 9.55. The van der Waals surface area contributed by atoms with Crippen LogP contribution in [0.4, 0.5) is 0 Å². The highest BCUT2D eigenvalue weighted by Gasteiger charge is 2.26. The number of piperidine rings is 1. The summed E-state index contributed by atoms with van der Waals surface area (Å²) in [5.74, 6) is 4.93. The first-order chi connectivity index (χ1) is 13.1. The van der Waals surface area contributed by atoms with Gasteiger partial charge in [0.1, 0.15) is 11.6 Å². The first kappa shape index (κ1) is 17.8. The van der Waals surface area contributed by atoms with Crippen LogP contribution in [-0.2, 0) is 19.6 Å². The summed E-state index contributed by atoms with van der Waals surface area (Å²) in [6.45, 7) is 10.3. The summed E-state index contributed by atoms with van der Waals surface area (Å²) in [4.78, 5) is 11.0. The summed E-state index contributed by atoms with van der Waals surface area (Å²) in [6.07, 6.45) is 5.94. The van der Waals surface area contributed by atoms with Crippen molar-refractivity contribution in [2.24, 2.45) is 0 Å². The molecule has 1 aliphatic rings. The van der Waals surface area contributed by atoms with Gasteiger partial charge in [-0.2, -0.15) is 4.98 Å². The molecule has 9 heteroatoms. The maximum absolute atomic E-state index is 5.24. The lowest BCUT2D eigenvalue weighted by atomic mass is 9.96. The second-order valence-corrected chi connectivity index (χ2v) is 7.11. The Balaban J connectivity index is 1.41. The van der Waals surface area contributed by atoms with E-state index in [4.69, 9.17) is 4.52 Å². The first-order valence-electron chi connectivity index (χ1n) is 9.55. The van der Waals surface area contributed by atoms with Gasteiger partial charge in [0.15, 0.2) is 11.6 Å². The van der Waals surface area contributed by atoms with E-state index in [2.05, 4.69) is 46.3 Å². The molecule has 4 heterocycles. The minimum atomic E-state index is 0.441. The molecule has 144 valence electrons. The van der Waals surface area contributed by atoms with Crippen molar-refractivity contribution in [3.63, 3.8) is 0 Å². The van der Waals surface area contributed by atoms with E-state index in [9.17, 15) is 0 Å². The van der Waals surface area contributed by atoms with Gasteiger partial charge in [-0.1, -0.05) is 5.16 Å². The molecule has 0 spiro atoms. The maximum atomic E-state index is 5.24. The lowest BCUT2D eigenvalue weighted by molar-refractivity contribution is 0.177.